The van der Waals surface area contributed by atoms with E-state index in [1.807, 2.05) is 0 Å². The van der Waals surface area contributed by atoms with Crippen LogP contribution < -0.4 is 11.1 Å². The molecule has 0 amide bonds. The highest BCUT2D eigenvalue weighted by atomic mass is 15.1. The minimum absolute atomic E-state index is 0.154. The number of rotatable bonds is 12. The molecular formula is C15H34N2. The summed E-state index contributed by atoms with van der Waals surface area (Å²) < 4.78 is 0. The van der Waals surface area contributed by atoms with Crippen molar-refractivity contribution >= 4 is 0 Å². The molecule has 0 bridgehead atoms. The molecule has 17 heavy (non-hydrogen) atoms. The Morgan fingerprint density at radius 2 is 1.35 bits per heavy atom. The third kappa shape index (κ3) is 12.2. The van der Waals surface area contributed by atoms with Crippen LogP contribution >= 0.6 is 0 Å². The van der Waals surface area contributed by atoms with Crippen molar-refractivity contribution < 1.29 is 0 Å². The van der Waals surface area contributed by atoms with Crippen molar-refractivity contribution in [1.29, 1.82) is 0 Å². The van der Waals surface area contributed by atoms with Crippen LogP contribution in [0.4, 0.5) is 0 Å². The highest BCUT2D eigenvalue weighted by Crippen LogP contribution is 2.10. The lowest BCUT2D eigenvalue weighted by Crippen LogP contribution is -2.51. The van der Waals surface area contributed by atoms with Crippen molar-refractivity contribution in [3.63, 3.8) is 0 Å². The van der Waals surface area contributed by atoms with E-state index >= 15 is 0 Å². The van der Waals surface area contributed by atoms with E-state index in [0.29, 0.717) is 0 Å². The van der Waals surface area contributed by atoms with Gasteiger partial charge < -0.3 is 5.73 Å². The van der Waals surface area contributed by atoms with Crippen molar-refractivity contribution in [2.45, 2.75) is 90.6 Å². The molecule has 0 aliphatic rings. The average Bonchev–Trinajstić information content (AvgIpc) is 2.29. The maximum atomic E-state index is 6.23. The van der Waals surface area contributed by atoms with Crippen LogP contribution in [0.3, 0.4) is 0 Å². The fourth-order valence-electron chi connectivity index (χ4n) is 2.11. The van der Waals surface area contributed by atoms with Gasteiger partial charge in [-0.25, -0.2) is 0 Å². The van der Waals surface area contributed by atoms with Gasteiger partial charge in [-0.05, 0) is 26.3 Å². The van der Waals surface area contributed by atoms with Gasteiger partial charge in [0.2, 0.25) is 0 Å². The molecule has 0 aromatic heterocycles. The number of hydrogen-bond donors (Lipinski definition) is 2. The van der Waals surface area contributed by atoms with Crippen molar-refractivity contribution in [3.8, 4) is 0 Å². The number of nitrogens with one attached hydrogen (secondary N) is 1. The summed E-state index contributed by atoms with van der Waals surface area (Å²) in [7, 11) is 0. The number of nitrogens with two attached hydrogens (primary N) is 1. The molecule has 0 radical (unpaired) electrons. The Labute approximate surface area is 109 Å². The molecule has 1 unspecified atom stereocenters. The van der Waals surface area contributed by atoms with E-state index in [-0.39, 0.29) is 5.66 Å². The molecule has 0 heterocycles. The zero-order chi connectivity index (χ0) is 13.0. The molecule has 1 atom stereocenters. The van der Waals surface area contributed by atoms with E-state index < -0.39 is 0 Å². The molecule has 0 saturated heterocycles. The Kier molecular flexibility index (Phi) is 11.0. The summed E-state index contributed by atoms with van der Waals surface area (Å²) in [6, 6.07) is 0. The summed E-state index contributed by atoms with van der Waals surface area (Å²) in [4.78, 5) is 0. The molecular weight excluding hydrogens is 208 g/mol. The Morgan fingerprint density at radius 1 is 0.824 bits per heavy atom. The first-order valence-electron chi connectivity index (χ1n) is 7.66. The molecule has 0 rings (SSSR count). The topological polar surface area (TPSA) is 38.0 Å². The summed E-state index contributed by atoms with van der Waals surface area (Å²) in [6.45, 7) is 7.71. The van der Waals surface area contributed by atoms with Gasteiger partial charge in [-0.1, -0.05) is 65.2 Å². The first kappa shape index (κ1) is 16.9. The van der Waals surface area contributed by atoms with Crippen LogP contribution in [0, 0.1) is 0 Å². The van der Waals surface area contributed by atoms with Crippen LogP contribution in [0.1, 0.15) is 85.0 Å². The largest absolute Gasteiger partial charge is 0.314 e. The third-order valence-corrected chi connectivity index (χ3v) is 3.36. The maximum absolute atomic E-state index is 6.23. The van der Waals surface area contributed by atoms with Crippen LogP contribution in [0.15, 0.2) is 0 Å². The zero-order valence-corrected chi connectivity index (χ0v) is 12.4. The molecule has 0 spiro atoms. The average molecular weight is 242 g/mol. The quantitative estimate of drug-likeness (QED) is 0.398. The van der Waals surface area contributed by atoms with E-state index in [1.54, 1.807) is 0 Å². The fraction of sp³-hybridized carbons (Fsp3) is 1.00. The summed E-state index contributed by atoms with van der Waals surface area (Å²) in [5.41, 5.74) is 6.07. The van der Waals surface area contributed by atoms with Crippen LogP contribution in [-0.2, 0) is 0 Å². The normalized spacial score (nSPS) is 14.8. The Bertz CT molecular complexity index is 155. The maximum Gasteiger partial charge on any atom is 0.0632 e. The van der Waals surface area contributed by atoms with Gasteiger partial charge in [0.15, 0.2) is 0 Å². The summed E-state index contributed by atoms with van der Waals surface area (Å²) >= 11 is 0. The molecule has 0 aromatic rings. The van der Waals surface area contributed by atoms with Gasteiger partial charge in [-0.3, -0.25) is 5.32 Å². The molecule has 0 aliphatic carbocycles. The molecule has 0 fully saturated rings. The van der Waals surface area contributed by atoms with Gasteiger partial charge in [0, 0.05) is 0 Å². The summed E-state index contributed by atoms with van der Waals surface area (Å²) in [5.74, 6) is 0. The predicted octanol–water partition coefficient (Wildman–Crippen LogP) is 4.19. The van der Waals surface area contributed by atoms with Crippen molar-refractivity contribution in [2.24, 2.45) is 5.73 Å². The minimum Gasteiger partial charge on any atom is -0.314 e. The zero-order valence-electron chi connectivity index (χ0n) is 12.4. The second kappa shape index (κ2) is 11.0. The second-order valence-electron chi connectivity index (χ2n) is 5.57. The van der Waals surface area contributed by atoms with Crippen molar-refractivity contribution in [1.82, 2.24) is 5.32 Å². The molecule has 0 aliphatic heterocycles. The van der Waals surface area contributed by atoms with Crippen LogP contribution in [-0.4, -0.2) is 12.2 Å². The smallest absolute Gasteiger partial charge is 0.0632 e. The Hall–Kier alpha value is -0.0800. The summed E-state index contributed by atoms with van der Waals surface area (Å²) in [6.07, 6.45) is 13.0. The second-order valence-corrected chi connectivity index (χ2v) is 5.57. The first-order valence-corrected chi connectivity index (χ1v) is 7.66. The van der Waals surface area contributed by atoms with Gasteiger partial charge in [0.25, 0.3) is 0 Å². The van der Waals surface area contributed by atoms with E-state index in [2.05, 4.69) is 26.1 Å². The number of hydrogen-bond acceptors (Lipinski definition) is 2. The van der Waals surface area contributed by atoms with Gasteiger partial charge in [0.1, 0.15) is 0 Å². The first-order chi connectivity index (χ1) is 8.12. The van der Waals surface area contributed by atoms with Gasteiger partial charge in [-0.15, -0.1) is 0 Å². The predicted molar refractivity (Wildman–Crippen MR) is 78.1 cm³/mol. The van der Waals surface area contributed by atoms with Crippen molar-refractivity contribution in [2.75, 3.05) is 6.54 Å². The lowest BCUT2D eigenvalue weighted by Gasteiger charge is -2.26. The van der Waals surface area contributed by atoms with Gasteiger partial charge >= 0.3 is 0 Å². The highest BCUT2D eigenvalue weighted by Gasteiger charge is 2.15. The lowest BCUT2D eigenvalue weighted by atomic mass is 10.0. The molecule has 104 valence electrons. The Balaban J connectivity index is 3.37. The molecule has 2 heteroatoms. The molecule has 2 nitrogen and oxygen atoms in total. The van der Waals surface area contributed by atoms with Crippen LogP contribution in [0.25, 0.3) is 0 Å². The van der Waals surface area contributed by atoms with E-state index in [0.717, 1.165) is 13.0 Å². The van der Waals surface area contributed by atoms with E-state index in [1.165, 1.54) is 57.8 Å². The molecule has 0 saturated carbocycles. The van der Waals surface area contributed by atoms with Crippen LogP contribution in [0.2, 0.25) is 0 Å². The third-order valence-electron chi connectivity index (χ3n) is 3.36. The highest BCUT2D eigenvalue weighted by molar-refractivity contribution is 4.75. The molecule has 3 N–H and O–H groups in total. The van der Waals surface area contributed by atoms with Crippen molar-refractivity contribution in [3.05, 3.63) is 0 Å². The van der Waals surface area contributed by atoms with E-state index in [9.17, 15) is 0 Å². The number of unbranched alkanes of at least 4 members (excludes halogenated alkanes) is 7. The van der Waals surface area contributed by atoms with Crippen LogP contribution in [0.5, 0.6) is 0 Å². The fourth-order valence-corrected chi connectivity index (χ4v) is 2.11. The SMILES string of the molecule is CCCCCCCNC(C)(N)CCCCCC. The molecule has 0 aromatic carbocycles. The minimum atomic E-state index is -0.154. The monoisotopic (exact) mass is 242 g/mol. The van der Waals surface area contributed by atoms with Gasteiger partial charge in [-0.2, -0.15) is 0 Å². The lowest BCUT2D eigenvalue weighted by molar-refractivity contribution is 0.325. The Morgan fingerprint density at radius 3 is 1.94 bits per heavy atom. The van der Waals surface area contributed by atoms with Gasteiger partial charge in [0.05, 0.1) is 5.66 Å². The summed E-state index contributed by atoms with van der Waals surface area (Å²) in [5, 5.41) is 3.49. The standard InChI is InChI=1S/C15H34N2/c1-4-6-8-10-12-14-17-15(3,16)13-11-9-7-5-2/h17H,4-14,16H2,1-3H3. The van der Waals surface area contributed by atoms with E-state index in [4.69, 9.17) is 5.73 Å².